The van der Waals surface area contributed by atoms with Crippen LogP contribution in [0, 0.1) is 0 Å². The van der Waals surface area contributed by atoms with E-state index in [1.807, 2.05) is 12.1 Å². The zero-order valence-electron chi connectivity index (χ0n) is 16.0. The highest BCUT2D eigenvalue weighted by Gasteiger charge is 2.34. The number of hydrogen-bond donors (Lipinski definition) is 2. The maximum Gasteiger partial charge on any atom is 0.191 e. The van der Waals surface area contributed by atoms with Crippen LogP contribution < -0.4 is 15.4 Å². The van der Waals surface area contributed by atoms with Crippen molar-refractivity contribution in [3.63, 3.8) is 0 Å². The summed E-state index contributed by atoms with van der Waals surface area (Å²) in [5, 5.41) is 6.61. The largest absolute Gasteiger partial charge is 0.497 e. The Bertz CT molecular complexity index is 531. The maximum absolute atomic E-state index is 5.60. The molecule has 7 heteroatoms. The Morgan fingerprint density at radius 2 is 1.85 bits per heavy atom. The molecule has 2 rings (SSSR count). The molecule has 2 N–H and O–H groups in total. The summed E-state index contributed by atoms with van der Waals surface area (Å²) in [5.74, 6) is 1.71. The molecule has 0 bridgehead atoms. The molecule has 0 unspecified atom stereocenters. The molecule has 26 heavy (non-hydrogen) atoms. The first-order chi connectivity index (χ1) is 12.2. The fraction of sp³-hybridized carbons (Fsp3) is 0.632. The summed E-state index contributed by atoms with van der Waals surface area (Å²) < 4.78 is 16.0. The summed E-state index contributed by atoms with van der Waals surface area (Å²) in [5.41, 5.74) is 1.31. The Kier molecular flexibility index (Phi) is 10.9. The standard InChI is InChI=1S/C19H31N3O3.HI/c1-4-20-18(21-11-14-23-2)22-15-19(9-12-25-13-10-19)16-5-7-17(24-3)8-6-16;/h5-8H,4,9-15H2,1-3H3,(H2,20,21,22);1H. The monoisotopic (exact) mass is 477 g/mol. The zero-order chi connectivity index (χ0) is 18.0. The van der Waals surface area contributed by atoms with Crippen molar-refractivity contribution < 1.29 is 14.2 Å². The minimum absolute atomic E-state index is 0. The highest BCUT2D eigenvalue weighted by atomic mass is 127. The van der Waals surface area contributed by atoms with E-state index < -0.39 is 0 Å². The molecule has 1 aromatic carbocycles. The molecule has 0 amide bonds. The molecule has 0 spiro atoms. The molecule has 1 aliphatic rings. The summed E-state index contributed by atoms with van der Waals surface area (Å²) in [6.07, 6.45) is 1.95. The van der Waals surface area contributed by atoms with E-state index in [0.717, 1.165) is 57.4 Å². The van der Waals surface area contributed by atoms with Crippen molar-refractivity contribution in [3.8, 4) is 5.75 Å². The lowest BCUT2D eigenvalue weighted by molar-refractivity contribution is 0.0531. The van der Waals surface area contributed by atoms with Gasteiger partial charge in [-0.3, -0.25) is 4.99 Å². The van der Waals surface area contributed by atoms with Gasteiger partial charge in [0.15, 0.2) is 5.96 Å². The molecule has 148 valence electrons. The quantitative estimate of drug-likeness (QED) is 0.261. The van der Waals surface area contributed by atoms with E-state index in [9.17, 15) is 0 Å². The SMILES string of the molecule is CCNC(=NCC1(c2ccc(OC)cc2)CCOCC1)NCCOC.I. The molecule has 1 aliphatic heterocycles. The number of rotatable bonds is 8. The lowest BCUT2D eigenvalue weighted by atomic mass is 9.74. The molecule has 1 aromatic rings. The fourth-order valence-electron chi connectivity index (χ4n) is 3.09. The van der Waals surface area contributed by atoms with Crippen LogP contribution >= 0.6 is 24.0 Å². The predicted octanol–water partition coefficient (Wildman–Crippen LogP) is 2.56. The van der Waals surface area contributed by atoms with Gasteiger partial charge in [-0.1, -0.05) is 12.1 Å². The van der Waals surface area contributed by atoms with Gasteiger partial charge in [0.2, 0.25) is 0 Å². The van der Waals surface area contributed by atoms with Crippen molar-refractivity contribution in [2.75, 3.05) is 53.7 Å². The Balaban J connectivity index is 0.00000338. The summed E-state index contributed by atoms with van der Waals surface area (Å²) in [4.78, 5) is 4.85. The van der Waals surface area contributed by atoms with Crippen LogP contribution in [-0.4, -0.2) is 59.6 Å². The van der Waals surface area contributed by atoms with Crippen LogP contribution in [0.15, 0.2) is 29.3 Å². The summed E-state index contributed by atoms with van der Waals surface area (Å²) in [6.45, 7) is 6.57. The van der Waals surface area contributed by atoms with Crippen LogP contribution in [0.25, 0.3) is 0 Å². The number of benzene rings is 1. The van der Waals surface area contributed by atoms with Crippen LogP contribution in [-0.2, 0) is 14.9 Å². The number of methoxy groups -OCH3 is 2. The molecule has 1 fully saturated rings. The number of guanidine groups is 1. The molecule has 0 saturated carbocycles. The van der Waals surface area contributed by atoms with Gasteiger partial charge < -0.3 is 24.8 Å². The van der Waals surface area contributed by atoms with E-state index in [1.165, 1.54) is 5.56 Å². The summed E-state index contributed by atoms with van der Waals surface area (Å²) in [7, 11) is 3.39. The Morgan fingerprint density at radius 3 is 2.42 bits per heavy atom. The van der Waals surface area contributed by atoms with Crippen LogP contribution in [0.1, 0.15) is 25.3 Å². The first-order valence-corrected chi connectivity index (χ1v) is 8.97. The number of nitrogens with one attached hydrogen (secondary N) is 2. The summed E-state index contributed by atoms with van der Waals surface area (Å²) >= 11 is 0. The minimum Gasteiger partial charge on any atom is -0.497 e. The van der Waals surface area contributed by atoms with Crippen LogP contribution in [0.3, 0.4) is 0 Å². The van der Waals surface area contributed by atoms with Crippen molar-refractivity contribution in [1.29, 1.82) is 0 Å². The number of halogens is 1. The average molecular weight is 477 g/mol. The van der Waals surface area contributed by atoms with Gasteiger partial charge in [-0.15, -0.1) is 24.0 Å². The third-order valence-electron chi connectivity index (χ3n) is 4.63. The van der Waals surface area contributed by atoms with Crippen LogP contribution in [0.5, 0.6) is 5.75 Å². The first kappa shape index (κ1) is 23.0. The Morgan fingerprint density at radius 1 is 1.15 bits per heavy atom. The van der Waals surface area contributed by atoms with Gasteiger partial charge >= 0.3 is 0 Å². The maximum atomic E-state index is 5.60. The molecule has 0 atom stereocenters. The third kappa shape index (κ3) is 6.59. The first-order valence-electron chi connectivity index (χ1n) is 8.97. The van der Waals surface area contributed by atoms with Gasteiger partial charge in [-0.05, 0) is 37.5 Å². The Labute approximate surface area is 174 Å². The minimum atomic E-state index is 0. The highest BCUT2D eigenvalue weighted by molar-refractivity contribution is 14.0. The van der Waals surface area contributed by atoms with Gasteiger partial charge in [0.1, 0.15) is 5.75 Å². The van der Waals surface area contributed by atoms with Crippen molar-refractivity contribution in [2.45, 2.75) is 25.2 Å². The normalized spacial score (nSPS) is 16.5. The molecule has 0 radical (unpaired) electrons. The highest BCUT2D eigenvalue weighted by Crippen LogP contribution is 2.36. The number of aliphatic imine (C=N–C) groups is 1. The zero-order valence-corrected chi connectivity index (χ0v) is 18.4. The van der Waals surface area contributed by atoms with E-state index in [1.54, 1.807) is 14.2 Å². The second-order valence-electron chi connectivity index (χ2n) is 6.24. The molecule has 0 aromatic heterocycles. The van der Waals surface area contributed by atoms with Gasteiger partial charge in [0, 0.05) is 38.8 Å². The van der Waals surface area contributed by atoms with Crippen molar-refractivity contribution in [2.24, 2.45) is 4.99 Å². The lowest BCUT2D eigenvalue weighted by Crippen LogP contribution is -2.42. The Hall–Kier alpha value is -1.06. The van der Waals surface area contributed by atoms with E-state index >= 15 is 0 Å². The van der Waals surface area contributed by atoms with Crippen molar-refractivity contribution in [1.82, 2.24) is 10.6 Å². The van der Waals surface area contributed by atoms with E-state index in [-0.39, 0.29) is 29.4 Å². The van der Waals surface area contributed by atoms with E-state index in [4.69, 9.17) is 19.2 Å². The lowest BCUT2D eigenvalue weighted by Gasteiger charge is -2.36. The second-order valence-corrected chi connectivity index (χ2v) is 6.24. The van der Waals surface area contributed by atoms with Crippen molar-refractivity contribution in [3.05, 3.63) is 29.8 Å². The molecule has 6 nitrogen and oxygen atoms in total. The number of nitrogens with zero attached hydrogens (tertiary/aromatic N) is 1. The molecular weight excluding hydrogens is 445 g/mol. The van der Waals surface area contributed by atoms with Gasteiger partial charge in [0.25, 0.3) is 0 Å². The van der Waals surface area contributed by atoms with Gasteiger partial charge in [-0.2, -0.15) is 0 Å². The van der Waals surface area contributed by atoms with Gasteiger partial charge in [0.05, 0.1) is 20.3 Å². The van der Waals surface area contributed by atoms with E-state index in [0.29, 0.717) is 6.61 Å². The number of hydrogen-bond acceptors (Lipinski definition) is 4. The fourth-order valence-corrected chi connectivity index (χ4v) is 3.09. The molecule has 0 aliphatic carbocycles. The second kappa shape index (κ2) is 12.3. The van der Waals surface area contributed by atoms with Crippen molar-refractivity contribution >= 4 is 29.9 Å². The van der Waals surface area contributed by atoms with Crippen LogP contribution in [0.4, 0.5) is 0 Å². The topological polar surface area (TPSA) is 64.1 Å². The third-order valence-corrected chi connectivity index (χ3v) is 4.63. The van der Waals surface area contributed by atoms with E-state index in [2.05, 4.69) is 29.7 Å². The van der Waals surface area contributed by atoms with Gasteiger partial charge in [-0.25, -0.2) is 0 Å². The molecule has 1 saturated heterocycles. The summed E-state index contributed by atoms with van der Waals surface area (Å²) in [6, 6.07) is 8.37. The number of ether oxygens (including phenoxy) is 3. The smallest absolute Gasteiger partial charge is 0.191 e. The molecular formula is C19H32IN3O3. The van der Waals surface area contributed by atoms with Crippen LogP contribution in [0.2, 0.25) is 0 Å². The molecule has 1 heterocycles. The average Bonchev–Trinajstić information content (AvgIpc) is 2.67. The predicted molar refractivity (Wildman–Crippen MR) is 116 cm³/mol.